The van der Waals surface area contributed by atoms with Gasteiger partial charge in [-0.3, -0.25) is 0 Å². The maximum absolute atomic E-state index is 4.32. The zero-order valence-electron chi connectivity index (χ0n) is 6.55. The van der Waals surface area contributed by atoms with Crippen molar-refractivity contribution >= 4 is 11.2 Å². The number of H-pyrrole nitrogens is 1. The van der Waals surface area contributed by atoms with Gasteiger partial charge in [-0.1, -0.05) is 0 Å². The highest BCUT2D eigenvalue weighted by Gasteiger charge is 1.99. The molecule has 56 valence electrons. The minimum Gasteiger partial charge on any atom is -0.329 e. The molecule has 0 saturated heterocycles. The predicted molar refractivity (Wildman–Crippen MR) is 43.4 cm³/mol. The van der Waals surface area contributed by atoms with Crippen molar-refractivity contribution in [2.75, 3.05) is 0 Å². The van der Waals surface area contributed by atoms with Crippen molar-refractivity contribution in [1.82, 2.24) is 15.0 Å². The number of nitrogens with one attached hydrogen (secondary N) is 1. The van der Waals surface area contributed by atoms with Gasteiger partial charge in [0.15, 0.2) is 5.65 Å². The van der Waals surface area contributed by atoms with Crippen LogP contribution in [0.3, 0.4) is 0 Å². The number of nitrogens with zero attached hydrogens (tertiary/aromatic N) is 2. The van der Waals surface area contributed by atoms with Gasteiger partial charge in [-0.05, 0) is 25.5 Å². The van der Waals surface area contributed by atoms with Crippen LogP contribution in [-0.2, 0) is 0 Å². The average Bonchev–Trinajstić information content (AvgIpc) is 2.36. The van der Waals surface area contributed by atoms with Crippen molar-refractivity contribution in [1.29, 1.82) is 0 Å². The molecule has 3 nitrogen and oxygen atoms in total. The summed E-state index contributed by atoms with van der Waals surface area (Å²) >= 11 is 0. The van der Waals surface area contributed by atoms with E-state index >= 15 is 0 Å². The van der Waals surface area contributed by atoms with Crippen LogP contribution in [0.15, 0.2) is 12.4 Å². The van der Waals surface area contributed by atoms with E-state index in [1.807, 2.05) is 19.9 Å². The Bertz CT molecular complexity index is 353. The van der Waals surface area contributed by atoms with E-state index in [2.05, 4.69) is 15.0 Å². The lowest BCUT2D eigenvalue weighted by molar-refractivity contribution is 1.17. The Labute approximate surface area is 64.5 Å². The smallest absolute Gasteiger partial charge is 0.157 e. The fourth-order valence-corrected chi connectivity index (χ4v) is 1.06. The topological polar surface area (TPSA) is 41.6 Å². The zero-order chi connectivity index (χ0) is 7.84. The molecule has 0 aromatic carbocycles. The SMILES string of the molecule is Cc1cc2nc[nH]c2nc1C. The number of aromatic nitrogens is 3. The van der Waals surface area contributed by atoms with E-state index in [0.717, 1.165) is 16.9 Å². The van der Waals surface area contributed by atoms with E-state index in [-0.39, 0.29) is 0 Å². The molecule has 3 heteroatoms. The van der Waals surface area contributed by atoms with Crippen LogP contribution in [0, 0.1) is 13.8 Å². The van der Waals surface area contributed by atoms with Crippen LogP contribution in [0.2, 0.25) is 0 Å². The van der Waals surface area contributed by atoms with E-state index < -0.39 is 0 Å². The highest BCUT2D eigenvalue weighted by Crippen LogP contribution is 2.10. The van der Waals surface area contributed by atoms with E-state index in [1.165, 1.54) is 5.56 Å². The van der Waals surface area contributed by atoms with Crippen LogP contribution in [0.25, 0.3) is 11.2 Å². The Balaban J connectivity index is 2.86. The summed E-state index contributed by atoms with van der Waals surface area (Å²) in [6.07, 6.45) is 1.66. The largest absolute Gasteiger partial charge is 0.329 e. The Morgan fingerprint density at radius 3 is 3.00 bits per heavy atom. The van der Waals surface area contributed by atoms with Crippen LogP contribution in [-0.4, -0.2) is 15.0 Å². The number of rotatable bonds is 0. The van der Waals surface area contributed by atoms with Crippen molar-refractivity contribution in [3.05, 3.63) is 23.7 Å². The molecule has 0 amide bonds. The Hall–Kier alpha value is -1.38. The maximum atomic E-state index is 4.32. The van der Waals surface area contributed by atoms with Crippen LogP contribution in [0.1, 0.15) is 11.3 Å². The number of pyridine rings is 1. The molecule has 1 N–H and O–H groups in total. The molecule has 0 fully saturated rings. The molecule has 0 unspecified atom stereocenters. The van der Waals surface area contributed by atoms with Crippen LogP contribution >= 0.6 is 0 Å². The third kappa shape index (κ3) is 0.888. The van der Waals surface area contributed by atoms with Crippen molar-refractivity contribution < 1.29 is 0 Å². The van der Waals surface area contributed by atoms with E-state index in [9.17, 15) is 0 Å². The highest BCUT2D eigenvalue weighted by atomic mass is 14.9. The summed E-state index contributed by atoms with van der Waals surface area (Å²) in [5.41, 5.74) is 4.05. The summed E-state index contributed by atoms with van der Waals surface area (Å²) in [5.74, 6) is 0. The molecule has 0 atom stereocenters. The molecule has 0 bridgehead atoms. The quantitative estimate of drug-likeness (QED) is 0.614. The van der Waals surface area contributed by atoms with Gasteiger partial charge in [0.05, 0.1) is 6.33 Å². The molecule has 0 spiro atoms. The van der Waals surface area contributed by atoms with E-state index in [1.54, 1.807) is 6.33 Å². The van der Waals surface area contributed by atoms with Crippen molar-refractivity contribution in [2.24, 2.45) is 0 Å². The number of aromatic amines is 1. The first-order valence-electron chi connectivity index (χ1n) is 3.55. The minimum atomic E-state index is 0.869. The minimum absolute atomic E-state index is 0.869. The Kier molecular flexibility index (Phi) is 1.18. The second-order valence-corrected chi connectivity index (χ2v) is 2.66. The number of aryl methyl sites for hydroxylation is 2. The second kappa shape index (κ2) is 2.05. The molecule has 2 aromatic heterocycles. The zero-order valence-corrected chi connectivity index (χ0v) is 6.55. The Morgan fingerprint density at radius 2 is 2.18 bits per heavy atom. The average molecular weight is 147 g/mol. The van der Waals surface area contributed by atoms with Gasteiger partial charge in [-0.2, -0.15) is 0 Å². The van der Waals surface area contributed by atoms with Gasteiger partial charge >= 0.3 is 0 Å². The molecule has 0 aliphatic rings. The lowest BCUT2D eigenvalue weighted by atomic mass is 10.2. The van der Waals surface area contributed by atoms with Gasteiger partial charge in [-0.25, -0.2) is 9.97 Å². The highest BCUT2D eigenvalue weighted by molar-refractivity contribution is 5.70. The molecular formula is C8H9N3. The van der Waals surface area contributed by atoms with Gasteiger partial charge in [0.2, 0.25) is 0 Å². The summed E-state index contributed by atoms with van der Waals surface area (Å²) in [6, 6.07) is 2.04. The molecule has 0 saturated carbocycles. The third-order valence-electron chi connectivity index (χ3n) is 1.85. The number of hydrogen-bond acceptors (Lipinski definition) is 2. The lowest BCUT2D eigenvalue weighted by Gasteiger charge is -1.96. The third-order valence-corrected chi connectivity index (χ3v) is 1.85. The first kappa shape index (κ1) is 6.34. The van der Waals surface area contributed by atoms with E-state index in [4.69, 9.17) is 0 Å². The number of fused-ring (bicyclic) bond motifs is 1. The molecule has 0 aliphatic heterocycles. The molecular weight excluding hydrogens is 138 g/mol. The predicted octanol–water partition coefficient (Wildman–Crippen LogP) is 1.57. The summed E-state index contributed by atoms with van der Waals surface area (Å²) in [6.45, 7) is 4.03. The fraction of sp³-hybridized carbons (Fsp3) is 0.250. The molecule has 2 aromatic rings. The van der Waals surface area contributed by atoms with Crippen molar-refractivity contribution in [3.8, 4) is 0 Å². The normalized spacial score (nSPS) is 10.7. The molecule has 0 aliphatic carbocycles. The summed E-state index contributed by atoms with van der Waals surface area (Å²) < 4.78 is 0. The summed E-state index contributed by atoms with van der Waals surface area (Å²) in [7, 11) is 0. The first-order chi connectivity index (χ1) is 5.27. The van der Waals surface area contributed by atoms with Gasteiger partial charge in [-0.15, -0.1) is 0 Å². The van der Waals surface area contributed by atoms with Gasteiger partial charge in [0, 0.05) is 5.69 Å². The van der Waals surface area contributed by atoms with Crippen LogP contribution in [0.5, 0.6) is 0 Å². The lowest BCUT2D eigenvalue weighted by Crippen LogP contribution is -1.86. The van der Waals surface area contributed by atoms with Gasteiger partial charge in [0.1, 0.15) is 5.52 Å². The van der Waals surface area contributed by atoms with Crippen LogP contribution < -0.4 is 0 Å². The first-order valence-corrected chi connectivity index (χ1v) is 3.55. The number of imidazole rings is 1. The number of hydrogen-bond donors (Lipinski definition) is 1. The summed E-state index contributed by atoms with van der Waals surface area (Å²) in [4.78, 5) is 11.4. The molecule has 0 radical (unpaired) electrons. The van der Waals surface area contributed by atoms with Gasteiger partial charge in [0.25, 0.3) is 0 Å². The van der Waals surface area contributed by atoms with Crippen molar-refractivity contribution in [3.63, 3.8) is 0 Å². The fourth-order valence-electron chi connectivity index (χ4n) is 1.06. The molecule has 11 heavy (non-hydrogen) atoms. The maximum Gasteiger partial charge on any atom is 0.157 e. The van der Waals surface area contributed by atoms with Crippen molar-refractivity contribution in [2.45, 2.75) is 13.8 Å². The van der Waals surface area contributed by atoms with E-state index in [0.29, 0.717) is 0 Å². The molecule has 2 heterocycles. The van der Waals surface area contributed by atoms with Gasteiger partial charge < -0.3 is 4.98 Å². The second-order valence-electron chi connectivity index (χ2n) is 2.66. The molecule has 2 rings (SSSR count). The Morgan fingerprint density at radius 1 is 1.36 bits per heavy atom. The standard InChI is InChI=1S/C8H9N3/c1-5-3-7-8(10-4-9-7)11-6(5)2/h3-4H,1-2H3,(H,9,10,11). The van der Waals surface area contributed by atoms with Crippen LogP contribution in [0.4, 0.5) is 0 Å². The monoisotopic (exact) mass is 147 g/mol. The summed E-state index contributed by atoms with van der Waals surface area (Å²) in [5, 5.41) is 0.